The number of hydrogen-bond donors (Lipinski definition) is 1. The van der Waals surface area contributed by atoms with Crippen LogP contribution in [-0.4, -0.2) is 46.5 Å². The van der Waals surface area contributed by atoms with E-state index in [0.717, 1.165) is 24.3 Å². The lowest BCUT2D eigenvalue weighted by molar-refractivity contribution is 0.0954. The van der Waals surface area contributed by atoms with Crippen LogP contribution in [0.1, 0.15) is 29.8 Å². The molecular formula is C21H27N3O4. The fourth-order valence-electron chi connectivity index (χ4n) is 2.76. The molecule has 0 saturated heterocycles. The molecule has 0 radical (unpaired) electrons. The van der Waals surface area contributed by atoms with Crippen LogP contribution < -0.4 is 24.5 Å². The van der Waals surface area contributed by atoms with Crippen LogP contribution in [0.2, 0.25) is 0 Å². The lowest BCUT2D eigenvalue weighted by Gasteiger charge is -2.21. The average Bonchev–Trinajstić information content (AvgIpc) is 2.74. The van der Waals surface area contributed by atoms with Gasteiger partial charge in [-0.05, 0) is 38.1 Å². The number of methoxy groups -OCH3 is 3. The van der Waals surface area contributed by atoms with Gasteiger partial charge >= 0.3 is 0 Å². The number of amides is 1. The smallest absolute Gasteiger partial charge is 0.271 e. The van der Waals surface area contributed by atoms with E-state index in [0.29, 0.717) is 22.8 Å². The van der Waals surface area contributed by atoms with Gasteiger partial charge in [-0.3, -0.25) is 4.79 Å². The van der Waals surface area contributed by atoms with Crippen molar-refractivity contribution < 1.29 is 19.0 Å². The van der Waals surface area contributed by atoms with Gasteiger partial charge in [-0.2, -0.15) is 5.10 Å². The molecule has 2 aromatic rings. The first-order valence-electron chi connectivity index (χ1n) is 9.05. The molecule has 0 aliphatic rings. The van der Waals surface area contributed by atoms with Crippen molar-refractivity contribution in [3.05, 3.63) is 47.5 Å². The molecule has 2 rings (SSSR count). The Morgan fingerprint density at radius 3 is 2.18 bits per heavy atom. The molecular weight excluding hydrogens is 358 g/mol. The van der Waals surface area contributed by atoms with Gasteiger partial charge in [-0.15, -0.1) is 0 Å². The molecule has 0 aliphatic heterocycles. The Labute approximate surface area is 165 Å². The van der Waals surface area contributed by atoms with Crippen LogP contribution in [0, 0.1) is 0 Å². The van der Waals surface area contributed by atoms with Gasteiger partial charge in [0.25, 0.3) is 5.91 Å². The first-order valence-corrected chi connectivity index (χ1v) is 9.05. The van der Waals surface area contributed by atoms with Crippen LogP contribution in [0.5, 0.6) is 17.2 Å². The Balaban J connectivity index is 2.15. The third kappa shape index (κ3) is 5.16. The summed E-state index contributed by atoms with van der Waals surface area (Å²) < 4.78 is 15.8. The lowest BCUT2D eigenvalue weighted by Crippen LogP contribution is -2.21. The van der Waals surface area contributed by atoms with E-state index in [9.17, 15) is 4.79 Å². The summed E-state index contributed by atoms with van der Waals surface area (Å²) in [6.07, 6.45) is 1.56. The molecule has 0 aromatic heterocycles. The SMILES string of the molecule is CCN(CC)c1ccc(/C=N\NC(=O)c2cc(OC)cc(OC)c2)c(OC)c1. The van der Waals surface area contributed by atoms with Gasteiger partial charge in [0.2, 0.25) is 0 Å². The largest absolute Gasteiger partial charge is 0.497 e. The molecule has 0 spiro atoms. The highest BCUT2D eigenvalue weighted by molar-refractivity contribution is 5.96. The highest BCUT2D eigenvalue weighted by atomic mass is 16.5. The Kier molecular flexibility index (Phi) is 7.68. The van der Waals surface area contributed by atoms with E-state index in [4.69, 9.17) is 14.2 Å². The number of rotatable bonds is 9. The maximum absolute atomic E-state index is 12.4. The molecule has 1 amide bonds. The standard InChI is InChI=1S/C21H27N3O4/c1-6-24(7-2)17-9-8-15(20(12-17)28-5)14-22-23-21(25)16-10-18(26-3)13-19(11-16)27-4/h8-14H,6-7H2,1-5H3,(H,23,25)/b22-14-. The number of ether oxygens (including phenoxy) is 3. The Bertz CT molecular complexity index is 810. The number of carbonyl (C=O) groups excluding carboxylic acids is 1. The second kappa shape index (κ2) is 10.2. The van der Waals surface area contributed by atoms with Crippen molar-refractivity contribution in [1.82, 2.24) is 5.43 Å². The van der Waals surface area contributed by atoms with Gasteiger partial charge in [-0.1, -0.05) is 0 Å². The number of hydrogen-bond acceptors (Lipinski definition) is 6. The second-order valence-electron chi connectivity index (χ2n) is 5.90. The van der Waals surface area contributed by atoms with Gasteiger partial charge in [0.1, 0.15) is 17.2 Å². The van der Waals surface area contributed by atoms with Crippen LogP contribution in [0.25, 0.3) is 0 Å². The molecule has 28 heavy (non-hydrogen) atoms. The van der Waals surface area contributed by atoms with Gasteiger partial charge in [0.15, 0.2) is 0 Å². The minimum atomic E-state index is -0.368. The molecule has 0 atom stereocenters. The monoisotopic (exact) mass is 385 g/mol. The number of nitrogens with one attached hydrogen (secondary N) is 1. The zero-order chi connectivity index (χ0) is 20.5. The summed E-state index contributed by atoms with van der Waals surface area (Å²) in [7, 11) is 4.67. The summed E-state index contributed by atoms with van der Waals surface area (Å²) in [5.41, 5.74) is 4.74. The molecule has 7 nitrogen and oxygen atoms in total. The molecule has 0 bridgehead atoms. The quantitative estimate of drug-likeness (QED) is 0.530. The first-order chi connectivity index (χ1) is 13.6. The maximum atomic E-state index is 12.4. The van der Waals surface area contributed by atoms with Crippen LogP contribution in [0.3, 0.4) is 0 Å². The average molecular weight is 385 g/mol. The number of benzene rings is 2. The van der Waals surface area contributed by atoms with E-state index in [1.165, 1.54) is 14.2 Å². The fraction of sp³-hybridized carbons (Fsp3) is 0.333. The van der Waals surface area contributed by atoms with Crippen molar-refractivity contribution >= 4 is 17.8 Å². The molecule has 0 fully saturated rings. The first kappa shape index (κ1) is 21.1. The van der Waals surface area contributed by atoms with Crippen molar-refractivity contribution in [3.8, 4) is 17.2 Å². The molecule has 2 aromatic carbocycles. The molecule has 1 N–H and O–H groups in total. The molecule has 0 heterocycles. The zero-order valence-corrected chi connectivity index (χ0v) is 17.0. The summed E-state index contributed by atoms with van der Waals surface area (Å²) in [6, 6.07) is 10.8. The minimum Gasteiger partial charge on any atom is -0.497 e. The van der Waals surface area contributed by atoms with Crippen molar-refractivity contribution in [2.24, 2.45) is 5.10 Å². The molecule has 0 saturated carbocycles. The zero-order valence-electron chi connectivity index (χ0n) is 17.0. The van der Waals surface area contributed by atoms with Crippen LogP contribution >= 0.6 is 0 Å². The third-order valence-electron chi connectivity index (χ3n) is 4.33. The second-order valence-corrected chi connectivity index (χ2v) is 5.90. The highest BCUT2D eigenvalue weighted by Crippen LogP contribution is 2.25. The predicted molar refractivity (Wildman–Crippen MR) is 111 cm³/mol. The number of carbonyl (C=O) groups is 1. The molecule has 0 aliphatic carbocycles. The van der Waals surface area contributed by atoms with E-state index in [2.05, 4.69) is 29.3 Å². The third-order valence-corrected chi connectivity index (χ3v) is 4.33. The number of nitrogens with zero attached hydrogens (tertiary/aromatic N) is 2. The molecule has 7 heteroatoms. The summed E-state index contributed by atoms with van der Waals surface area (Å²) in [6.45, 7) is 6.03. The van der Waals surface area contributed by atoms with Crippen LogP contribution in [-0.2, 0) is 0 Å². The summed E-state index contributed by atoms with van der Waals surface area (Å²) in [4.78, 5) is 14.6. The Hall–Kier alpha value is -3.22. The van der Waals surface area contributed by atoms with Crippen molar-refractivity contribution in [2.45, 2.75) is 13.8 Å². The Morgan fingerprint density at radius 1 is 1.00 bits per heavy atom. The van der Waals surface area contributed by atoms with Crippen molar-refractivity contribution in [2.75, 3.05) is 39.3 Å². The van der Waals surface area contributed by atoms with Crippen molar-refractivity contribution in [3.63, 3.8) is 0 Å². The lowest BCUT2D eigenvalue weighted by atomic mass is 10.2. The predicted octanol–water partition coefficient (Wildman–Crippen LogP) is 3.32. The van der Waals surface area contributed by atoms with Gasteiger partial charge in [-0.25, -0.2) is 5.43 Å². The van der Waals surface area contributed by atoms with Crippen LogP contribution in [0.15, 0.2) is 41.5 Å². The summed E-state index contributed by atoms with van der Waals surface area (Å²) in [5, 5.41) is 4.05. The summed E-state index contributed by atoms with van der Waals surface area (Å²) >= 11 is 0. The topological polar surface area (TPSA) is 72.4 Å². The van der Waals surface area contributed by atoms with E-state index < -0.39 is 0 Å². The van der Waals surface area contributed by atoms with Crippen LogP contribution in [0.4, 0.5) is 5.69 Å². The highest BCUT2D eigenvalue weighted by Gasteiger charge is 2.10. The molecule has 150 valence electrons. The minimum absolute atomic E-state index is 0.368. The van der Waals surface area contributed by atoms with Crippen molar-refractivity contribution in [1.29, 1.82) is 0 Å². The van der Waals surface area contributed by atoms with E-state index >= 15 is 0 Å². The van der Waals surface area contributed by atoms with Gasteiger partial charge in [0, 0.05) is 42.0 Å². The fourth-order valence-corrected chi connectivity index (χ4v) is 2.76. The van der Waals surface area contributed by atoms with Gasteiger partial charge in [0.05, 0.1) is 27.5 Å². The maximum Gasteiger partial charge on any atom is 0.271 e. The normalized spacial score (nSPS) is 10.6. The van der Waals surface area contributed by atoms with Gasteiger partial charge < -0.3 is 19.1 Å². The summed E-state index contributed by atoms with van der Waals surface area (Å²) in [5.74, 6) is 1.38. The number of anilines is 1. The van der Waals surface area contributed by atoms with E-state index in [1.807, 2.05) is 18.2 Å². The number of hydrazone groups is 1. The molecule has 0 unspecified atom stereocenters. The Morgan fingerprint density at radius 2 is 1.64 bits per heavy atom. The van der Waals surface area contributed by atoms with E-state index in [1.54, 1.807) is 31.5 Å². The van der Waals surface area contributed by atoms with E-state index in [-0.39, 0.29) is 5.91 Å².